The number of nitrogens with zero attached hydrogens (tertiary/aromatic N) is 1. The van der Waals surface area contributed by atoms with Gasteiger partial charge in [0.25, 0.3) is 12.1 Å². The lowest BCUT2D eigenvalue weighted by atomic mass is 9.95. The Morgan fingerprint density at radius 3 is 2.53 bits per heavy atom. The summed E-state index contributed by atoms with van der Waals surface area (Å²) in [5, 5.41) is 39.4. The fourth-order valence-corrected chi connectivity index (χ4v) is 1.85. The molecule has 0 bridgehead atoms. The van der Waals surface area contributed by atoms with E-state index < -0.39 is 29.5 Å². The highest BCUT2D eigenvalue weighted by atomic mass is 16.7. The molecule has 0 aromatic heterocycles. The minimum Gasteiger partial charge on any atom is -0.451 e. The second-order valence-corrected chi connectivity index (χ2v) is 3.92. The molecule has 106 valence electrons. The lowest BCUT2D eigenvalue weighted by Crippen LogP contribution is -2.62. The first-order valence-corrected chi connectivity index (χ1v) is 5.17. The van der Waals surface area contributed by atoms with Crippen LogP contribution in [0, 0.1) is 0 Å². The molecule has 2 rings (SSSR count). The Morgan fingerprint density at radius 2 is 2.00 bits per heavy atom. The summed E-state index contributed by atoms with van der Waals surface area (Å²) in [6.45, 7) is 0. The van der Waals surface area contributed by atoms with E-state index in [2.05, 4.69) is 0 Å². The smallest absolute Gasteiger partial charge is 0.320 e. The number of aliphatic hydroxyl groups excluding tert-OH is 1. The number of hydroxylamine groups is 2. The van der Waals surface area contributed by atoms with E-state index in [1.807, 2.05) is 0 Å². The fourth-order valence-electron chi connectivity index (χ4n) is 1.85. The Balaban J connectivity index is 2.58. The average molecular weight is 275 g/mol. The molecule has 2 aliphatic rings. The number of aliphatic hydroxyl groups is 3. The van der Waals surface area contributed by atoms with Crippen LogP contribution in [-0.2, 0) is 19.0 Å². The highest BCUT2D eigenvalue weighted by Crippen LogP contribution is 2.41. The summed E-state index contributed by atoms with van der Waals surface area (Å²) in [5.74, 6) is -6.57. The van der Waals surface area contributed by atoms with Crippen LogP contribution in [0.15, 0.2) is 23.6 Å². The van der Waals surface area contributed by atoms with Gasteiger partial charge in [0, 0.05) is 14.2 Å². The van der Waals surface area contributed by atoms with E-state index in [0.717, 1.165) is 26.4 Å². The fraction of sp³-hybridized carbons (Fsp3) is 0.500. The Bertz CT molecular complexity index is 474. The summed E-state index contributed by atoms with van der Waals surface area (Å²) in [5.41, 5.74) is -0.290. The van der Waals surface area contributed by atoms with Gasteiger partial charge in [0.05, 0.1) is 0 Å². The van der Waals surface area contributed by atoms with Crippen LogP contribution in [0.5, 0.6) is 0 Å². The number of rotatable bonds is 2. The standard InChI is InChI=1S/C10H13NO8/c1-17-9(14)4-3-5-6(10(9,15)18-2)19-8(13)7(12)11(5)16/h3-4,8,13-16H,1-2H3. The van der Waals surface area contributed by atoms with Crippen molar-refractivity contribution in [2.24, 2.45) is 0 Å². The third-order valence-electron chi connectivity index (χ3n) is 2.98. The van der Waals surface area contributed by atoms with Crippen LogP contribution in [0.4, 0.5) is 0 Å². The molecule has 0 radical (unpaired) electrons. The van der Waals surface area contributed by atoms with Crippen molar-refractivity contribution in [3.8, 4) is 0 Å². The molecule has 0 aromatic rings. The molecule has 19 heavy (non-hydrogen) atoms. The number of methoxy groups -OCH3 is 2. The maximum Gasteiger partial charge on any atom is 0.320 e. The van der Waals surface area contributed by atoms with Gasteiger partial charge < -0.3 is 29.5 Å². The number of ether oxygens (including phenoxy) is 3. The van der Waals surface area contributed by atoms with Crippen molar-refractivity contribution < 1.29 is 39.5 Å². The first-order valence-electron chi connectivity index (χ1n) is 5.17. The molecular weight excluding hydrogens is 262 g/mol. The van der Waals surface area contributed by atoms with Crippen LogP contribution >= 0.6 is 0 Å². The molecule has 3 unspecified atom stereocenters. The molecule has 1 aliphatic carbocycles. The van der Waals surface area contributed by atoms with Gasteiger partial charge in [-0.2, -0.15) is 5.06 Å². The van der Waals surface area contributed by atoms with E-state index >= 15 is 0 Å². The van der Waals surface area contributed by atoms with Crippen molar-refractivity contribution in [1.82, 2.24) is 5.06 Å². The lowest BCUT2D eigenvalue weighted by molar-refractivity contribution is -0.353. The van der Waals surface area contributed by atoms with Crippen LogP contribution in [0.1, 0.15) is 0 Å². The normalized spacial score (nSPS) is 38.3. The second-order valence-electron chi connectivity index (χ2n) is 3.92. The average Bonchev–Trinajstić information content (AvgIpc) is 2.41. The Kier molecular flexibility index (Phi) is 3.13. The monoisotopic (exact) mass is 275 g/mol. The highest BCUT2D eigenvalue weighted by molar-refractivity contribution is 5.82. The third-order valence-corrected chi connectivity index (χ3v) is 2.98. The highest BCUT2D eigenvalue weighted by Gasteiger charge is 2.60. The Labute approximate surface area is 107 Å². The number of carbonyl (C=O) groups is 1. The molecule has 9 nitrogen and oxygen atoms in total. The van der Waals surface area contributed by atoms with E-state index in [1.54, 1.807) is 0 Å². The summed E-state index contributed by atoms with van der Waals surface area (Å²) < 4.78 is 14.3. The van der Waals surface area contributed by atoms with Gasteiger partial charge in [-0.3, -0.25) is 10.0 Å². The van der Waals surface area contributed by atoms with Gasteiger partial charge in [-0.15, -0.1) is 0 Å². The van der Waals surface area contributed by atoms with Gasteiger partial charge >= 0.3 is 5.91 Å². The van der Waals surface area contributed by atoms with Crippen LogP contribution in [-0.4, -0.2) is 63.6 Å². The summed E-state index contributed by atoms with van der Waals surface area (Å²) in [4.78, 5) is 11.3. The predicted octanol–water partition coefficient (Wildman–Crippen LogP) is -2.00. The summed E-state index contributed by atoms with van der Waals surface area (Å²) in [6, 6.07) is 0. The van der Waals surface area contributed by atoms with E-state index in [1.165, 1.54) is 0 Å². The van der Waals surface area contributed by atoms with E-state index in [-0.39, 0.29) is 10.8 Å². The van der Waals surface area contributed by atoms with Crippen molar-refractivity contribution in [3.63, 3.8) is 0 Å². The van der Waals surface area contributed by atoms with Gasteiger partial charge in [-0.25, -0.2) is 0 Å². The molecule has 0 saturated carbocycles. The third kappa shape index (κ3) is 1.68. The number of hydrogen-bond donors (Lipinski definition) is 4. The van der Waals surface area contributed by atoms with Gasteiger partial charge in [0.2, 0.25) is 5.79 Å². The van der Waals surface area contributed by atoms with Gasteiger partial charge in [0.1, 0.15) is 5.70 Å². The van der Waals surface area contributed by atoms with Crippen molar-refractivity contribution in [2.45, 2.75) is 17.9 Å². The predicted molar refractivity (Wildman–Crippen MR) is 55.8 cm³/mol. The number of carbonyl (C=O) groups excluding carboxylic acids is 1. The van der Waals surface area contributed by atoms with Gasteiger partial charge in [0.15, 0.2) is 5.76 Å². The minimum atomic E-state index is -2.55. The van der Waals surface area contributed by atoms with E-state index in [9.17, 15) is 25.3 Å². The largest absolute Gasteiger partial charge is 0.451 e. The molecule has 0 saturated heterocycles. The molecule has 0 fully saturated rings. The van der Waals surface area contributed by atoms with Gasteiger partial charge in [-0.1, -0.05) is 0 Å². The van der Waals surface area contributed by atoms with Crippen LogP contribution < -0.4 is 0 Å². The van der Waals surface area contributed by atoms with Crippen molar-refractivity contribution in [2.75, 3.05) is 14.2 Å². The van der Waals surface area contributed by atoms with Crippen LogP contribution in [0.2, 0.25) is 0 Å². The topological polar surface area (TPSA) is 129 Å². The van der Waals surface area contributed by atoms with Crippen LogP contribution in [0.3, 0.4) is 0 Å². The zero-order chi connectivity index (χ0) is 14.4. The van der Waals surface area contributed by atoms with Crippen LogP contribution in [0.25, 0.3) is 0 Å². The van der Waals surface area contributed by atoms with Gasteiger partial charge in [-0.05, 0) is 12.2 Å². The molecular formula is C10H13NO8. The number of allylic oxidation sites excluding steroid dienone is 1. The Morgan fingerprint density at radius 1 is 1.37 bits per heavy atom. The maximum atomic E-state index is 11.3. The molecule has 1 aliphatic heterocycles. The maximum absolute atomic E-state index is 11.3. The summed E-state index contributed by atoms with van der Waals surface area (Å²) >= 11 is 0. The first-order chi connectivity index (χ1) is 8.80. The quantitative estimate of drug-likeness (QED) is 0.336. The Hall–Kier alpha value is -1.49. The molecule has 1 amide bonds. The number of amides is 1. The molecule has 0 spiro atoms. The first kappa shape index (κ1) is 13.9. The zero-order valence-corrected chi connectivity index (χ0v) is 10.1. The molecule has 9 heteroatoms. The molecule has 1 heterocycles. The molecule has 3 atom stereocenters. The zero-order valence-electron chi connectivity index (χ0n) is 10.1. The van der Waals surface area contributed by atoms with Crippen molar-refractivity contribution in [3.05, 3.63) is 23.6 Å². The second kappa shape index (κ2) is 4.27. The van der Waals surface area contributed by atoms with E-state index in [4.69, 9.17) is 14.2 Å². The minimum absolute atomic E-state index is 0.0826. The van der Waals surface area contributed by atoms with Crippen molar-refractivity contribution in [1.29, 1.82) is 0 Å². The van der Waals surface area contributed by atoms with Crippen molar-refractivity contribution >= 4 is 5.91 Å². The molecule has 4 N–H and O–H groups in total. The number of hydrogen-bond acceptors (Lipinski definition) is 8. The molecule has 0 aromatic carbocycles. The summed E-state index contributed by atoms with van der Waals surface area (Å²) in [6.07, 6.45) is 0.00115. The lowest BCUT2D eigenvalue weighted by Gasteiger charge is -2.44. The van der Waals surface area contributed by atoms with E-state index in [0.29, 0.717) is 0 Å². The summed E-state index contributed by atoms with van der Waals surface area (Å²) in [7, 11) is 2.14. The SMILES string of the molecule is COC1(O)C=CC2=C(OC(O)C(=O)N2O)C1(O)OC.